The van der Waals surface area contributed by atoms with Crippen molar-refractivity contribution in [1.82, 2.24) is 0 Å². The van der Waals surface area contributed by atoms with E-state index in [0.29, 0.717) is 5.92 Å². The Balaban J connectivity index is 3.20. The second-order valence-corrected chi connectivity index (χ2v) is 4.18. The van der Waals surface area contributed by atoms with Gasteiger partial charge in [0, 0.05) is 4.47 Å². The third-order valence-electron chi connectivity index (χ3n) is 2.10. The summed E-state index contributed by atoms with van der Waals surface area (Å²) in [4.78, 5) is 0. The van der Waals surface area contributed by atoms with Gasteiger partial charge in [0.25, 0.3) is 0 Å². The van der Waals surface area contributed by atoms with Crippen LogP contribution in [0.3, 0.4) is 0 Å². The fourth-order valence-corrected chi connectivity index (χ4v) is 2.40. The molecule has 1 rings (SSSR count). The number of halogens is 1. The zero-order valence-corrected chi connectivity index (χ0v) is 9.48. The van der Waals surface area contributed by atoms with Gasteiger partial charge in [-0.05, 0) is 29.5 Å². The molecule has 0 N–H and O–H groups in total. The molecule has 1 aromatic rings. The molecule has 0 spiro atoms. The van der Waals surface area contributed by atoms with Crippen molar-refractivity contribution in [3.8, 4) is 0 Å². The smallest absolute Gasteiger partial charge is 0.0212 e. The van der Waals surface area contributed by atoms with Gasteiger partial charge in [-0.1, -0.05) is 48.8 Å². The molecule has 0 aliphatic heterocycles. The molecule has 1 aromatic carbocycles. The molecular weight excluding hydrogens is 212 g/mol. The molecule has 0 radical (unpaired) electrons. The minimum Gasteiger partial charge on any atom is -0.0613 e. The minimum absolute atomic E-state index is 0.607. The Morgan fingerprint density at radius 3 is 2.42 bits per heavy atom. The lowest BCUT2D eigenvalue weighted by Gasteiger charge is -2.13. The summed E-state index contributed by atoms with van der Waals surface area (Å²) < 4.78 is 1.25. The molecule has 0 fully saturated rings. The van der Waals surface area contributed by atoms with Crippen molar-refractivity contribution in [3.05, 3.63) is 33.8 Å². The largest absolute Gasteiger partial charge is 0.0613 e. The second kappa shape index (κ2) is 4.08. The van der Waals surface area contributed by atoms with Crippen LogP contribution in [-0.4, -0.2) is 0 Å². The third-order valence-corrected chi connectivity index (χ3v) is 2.79. The molecule has 0 nitrogen and oxygen atoms in total. The highest BCUT2D eigenvalue weighted by Gasteiger charge is 2.07. The first kappa shape index (κ1) is 9.79. The van der Waals surface area contributed by atoms with Crippen LogP contribution in [0.4, 0.5) is 0 Å². The average Bonchev–Trinajstić information content (AvgIpc) is 2.03. The summed E-state index contributed by atoms with van der Waals surface area (Å²) in [5, 5.41) is 0. The molecule has 0 atom stereocenters. The maximum Gasteiger partial charge on any atom is 0.0212 e. The van der Waals surface area contributed by atoms with Gasteiger partial charge in [-0.2, -0.15) is 0 Å². The van der Waals surface area contributed by atoms with Gasteiger partial charge in [0.15, 0.2) is 0 Å². The van der Waals surface area contributed by atoms with E-state index in [1.54, 1.807) is 0 Å². The fraction of sp³-hybridized carbons (Fsp3) is 0.455. The first-order chi connectivity index (χ1) is 5.66. The van der Waals surface area contributed by atoms with Crippen molar-refractivity contribution in [2.75, 3.05) is 0 Å². The number of benzene rings is 1. The van der Waals surface area contributed by atoms with E-state index < -0.39 is 0 Å². The molecule has 0 aliphatic carbocycles. The summed E-state index contributed by atoms with van der Waals surface area (Å²) in [6.07, 6.45) is 1.12. The Morgan fingerprint density at radius 1 is 1.33 bits per heavy atom. The molecule has 66 valence electrons. The zero-order valence-electron chi connectivity index (χ0n) is 7.89. The van der Waals surface area contributed by atoms with Gasteiger partial charge in [-0.25, -0.2) is 0 Å². The quantitative estimate of drug-likeness (QED) is 0.712. The van der Waals surface area contributed by atoms with E-state index in [1.807, 2.05) is 0 Å². The third kappa shape index (κ3) is 1.89. The Kier molecular flexibility index (Phi) is 3.33. The summed E-state index contributed by atoms with van der Waals surface area (Å²) >= 11 is 3.59. The molecule has 0 unspecified atom stereocenters. The first-order valence-corrected chi connectivity index (χ1v) is 5.23. The van der Waals surface area contributed by atoms with Crippen molar-refractivity contribution in [3.63, 3.8) is 0 Å². The van der Waals surface area contributed by atoms with Crippen molar-refractivity contribution >= 4 is 15.9 Å². The predicted octanol–water partition coefficient (Wildman–Crippen LogP) is 4.13. The summed E-state index contributed by atoms with van der Waals surface area (Å²) in [6, 6.07) is 6.43. The highest BCUT2D eigenvalue weighted by atomic mass is 79.9. The molecule has 0 saturated carbocycles. The van der Waals surface area contributed by atoms with E-state index in [9.17, 15) is 0 Å². The van der Waals surface area contributed by atoms with Gasteiger partial charge in [0.1, 0.15) is 0 Å². The number of hydrogen-bond acceptors (Lipinski definition) is 0. The van der Waals surface area contributed by atoms with Gasteiger partial charge >= 0.3 is 0 Å². The molecule has 0 amide bonds. The lowest BCUT2D eigenvalue weighted by atomic mass is 9.96. The lowest BCUT2D eigenvalue weighted by molar-refractivity contribution is 0.838. The molecule has 0 heterocycles. The van der Waals surface area contributed by atoms with E-state index in [2.05, 4.69) is 54.9 Å². The van der Waals surface area contributed by atoms with Gasteiger partial charge in [0.2, 0.25) is 0 Å². The van der Waals surface area contributed by atoms with Crippen LogP contribution in [0.5, 0.6) is 0 Å². The van der Waals surface area contributed by atoms with E-state index in [4.69, 9.17) is 0 Å². The molecule has 1 heteroatoms. The second-order valence-electron chi connectivity index (χ2n) is 3.32. The van der Waals surface area contributed by atoms with Crippen LogP contribution in [0.2, 0.25) is 0 Å². The van der Waals surface area contributed by atoms with E-state index in [-0.39, 0.29) is 0 Å². The van der Waals surface area contributed by atoms with Crippen molar-refractivity contribution < 1.29 is 0 Å². The van der Waals surface area contributed by atoms with E-state index in [1.165, 1.54) is 15.6 Å². The zero-order chi connectivity index (χ0) is 9.14. The van der Waals surface area contributed by atoms with E-state index in [0.717, 1.165) is 6.42 Å². The van der Waals surface area contributed by atoms with Gasteiger partial charge in [0.05, 0.1) is 0 Å². The number of rotatable bonds is 2. The summed E-state index contributed by atoms with van der Waals surface area (Å²) in [6.45, 7) is 6.67. The first-order valence-electron chi connectivity index (χ1n) is 4.44. The normalized spacial score (nSPS) is 10.8. The standard InChI is InChI=1S/C11H15Br/c1-4-9-6-5-7-10(12)11(9)8(2)3/h5-8H,4H2,1-3H3. The number of hydrogen-bond donors (Lipinski definition) is 0. The van der Waals surface area contributed by atoms with Crippen LogP contribution >= 0.6 is 15.9 Å². The van der Waals surface area contributed by atoms with Gasteiger partial charge < -0.3 is 0 Å². The summed E-state index contributed by atoms with van der Waals surface area (Å²) in [5.74, 6) is 0.607. The molecule has 0 saturated heterocycles. The molecule has 0 bridgehead atoms. The highest BCUT2D eigenvalue weighted by molar-refractivity contribution is 9.10. The van der Waals surface area contributed by atoms with Crippen molar-refractivity contribution in [2.24, 2.45) is 0 Å². The van der Waals surface area contributed by atoms with Crippen LogP contribution in [-0.2, 0) is 6.42 Å². The summed E-state index contributed by atoms with van der Waals surface area (Å²) in [7, 11) is 0. The molecule has 12 heavy (non-hydrogen) atoms. The van der Waals surface area contributed by atoms with Crippen LogP contribution in [0.25, 0.3) is 0 Å². The monoisotopic (exact) mass is 226 g/mol. The van der Waals surface area contributed by atoms with Crippen molar-refractivity contribution in [2.45, 2.75) is 33.1 Å². The lowest BCUT2D eigenvalue weighted by Crippen LogP contribution is -1.95. The highest BCUT2D eigenvalue weighted by Crippen LogP contribution is 2.28. The van der Waals surface area contributed by atoms with Crippen LogP contribution < -0.4 is 0 Å². The number of aryl methyl sites for hydroxylation is 1. The Labute approximate surface area is 83.1 Å². The van der Waals surface area contributed by atoms with Crippen LogP contribution in [0.15, 0.2) is 22.7 Å². The van der Waals surface area contributed by atoms with Gasteiger partial charge in [-0.3, -0.25) is 0 Å². The average molecular weight is 227 g/mol. The summed E-state index contributed by atoms with van der Waals surface area (Å²) in [5.41, 5.74) is 2.92. The van der Waals surface area contributed by atoms with E-state index >= 15 is 0 Å². The Morgan fingerprint density at radius 2 is 2.00 bits per heavy atom. The predicted molar refractivity (Wildman–Crippen MR) is 57.6 cm³/mol. The fourth-order valence-electron chi connectivity index (χ4n) is 1.54. The molecule has 0 aliphatic rings. The molecular formula is C11H15Br. The van der Waals surface area contributed by atoms with Crippen molar-refractivity contribution in [1.29, 1.82) is 0 Å². The Hall–Kier alpha value is -0.300. The van der Waals surface area contributed by atoms with Gasteiger partial charge in [-0.15, -0.1) is 0 Å². The van der Waals surface area contributed by atoms with Crippen LogP contribution in [0, 0.1) is 0 Å². The minimum atomic E-state index is 0.607. The maximum atomic E-state index is 3.59. The molecule has 0 aromatic heterocycles. The topological polar surface area (TPSA) is 0 Å². The Bertz CT molecular complexity index is 264. The maximum absolute atomic E-state index is 3.59. The SMILES string of the molecule is CCc1cccc(Br)c1C(C)C. The van der Waals surface area contributed by atoms with Crippen LogP contribution in [0.1, 0.15) is 37.8 Å².